The molecule has 0 saturated heterocycles. The van der Waals surface area contributed by atoms with Crippen LogP contribution in [0.15, 0.2) is 28.0 Å². The monoisotopic (exact) mass is 300 g/mol. The maximum absolute atomic E-state index is 5.55. The minimum Gasteiger partial charge on any atom is -0.460 e. The molecule has 0 atom stereocenters. The molecule has 3 aromatic heterocycles. The topological polar surface area (TPSA) is 63.3 Å². The fourth-order valence-corrected chi connectivity index (χ4v) is 3.08. The van der Waals surface area contributed by atoms with Crippen LogP contribution in [-0.2, 0) is 0 Å². The predicted molar refractivity (Wildman–Crippen MR) is 86.2 cm³/mol. The standard InChI is InChI=1S/C15H16N4OS/c1-8-5-6-12(20-8)10(3)18-19-14-13-9(2)11(4)21-15(13)17-7-16-14/h5-7H,1-4H3,(H,16,17,19)/b18-10-. The van der Waals surface area contributed by atoms with Crippen molar-refractivity contribution in [2.45, 2.75) is 27.7 Å². The molecule has 0 radical (unpaired) electrons. The average molecular weight is 300 g/mol. The number of nitrogens with one attached hydrogen (secondary N) is 1. The SMILES string of the molecule is C/C(=N/Nc1ncnc2sc(C)c(C)c12)c1ccc(C)o1. The number of anilines is 1. The van der Waals surface area contributed by atoms with E-state index in [4.69, 9.17) is 4.42 Å². The molecular weight excluding hydrogens is 284 g/mol. The first-order chi connectivity index (χ1) is 10.1. The number of furan rings is 1. The van der Waals surface area contributed by atoms with Gasteiger partial charge in [-0.3, -0.25) is 5.43 Å². The molecule has 6 heteroatoms. The highest BCUT2D eigenvalue weighted by Crippen LogP contribution is 2.32. The van der Waals surface area contributed by atoms with Gasteiger partial charge in [-0.15, -0.1) is 11.3 Å². The molecular formula is C15H16N4OS. The zero-order valence-corrected chi connectivity index (χ0v) is 13.2. The van der Waals surface area contributed by atoms with Crippen molar-refractivity contribution in [3.8, 4) is 0 Å². The van der Waals surface area contributed by atoms with Gasteiger partial charge < -0.3 is 4.42 Å². The number of rotatable bonds is 3. The third-order valence-corrected chi connectivity index (χ3v) is 4.51. The van der Waals surface area contributed by atoms with Crippen LogP contribution in [0.1, 0.15) is 28.9 Å². The number of fused-ring (bicyclic) bond motifs is 1. The van der Waals surface area contributed by atoms with E-state index in [1.165, 1.54) is 10.4 Å². The summed E-state index contributed by atoms with van der Waals surface area (Å²) in [4.78, 5) is 10.8. The maximum atomic E-state index is 5.55. The van der Waals surface area contributed by atoms with Crippen LogP contribution in [0, 0.1) is 20.8 Å². The highest BCUT2D eigenvalue weighted by molar-refractivity contribution is 7.18. The first-order valence-electron chi connectivity index (χ1n) is 6.64. The Morgan fingerprint density at radius 1 is 1.24 bits per heavy atom. The molecule has 0 saturated carbocycles. The minimum atomic E-state index is 0.726. The van der Waals surface area contributed by atoms with Gasteiger partial charge in [0.1, 0.15) is 28.4 Å². The Kier molecular flexibility index (Phi) is 3.47. The van der Waals surface area contributed by atoms with E-state index in [-0.39, 0.29) is 0 Å². The Hall–Kier alpha value is -2.21. The third-order valence-electron chi connectivity index (χ3n) is 3.39. The molecule has 21 heavy (non-hydrogen) atoms. The fraction of sp³-hybridized carbons (Fsp3) is 0.267. The van der Waals surface area contributed by atoms with Crippen molar-refractivity contribution in [3.05, 3.63) is 40.4 Å². The summed E-state index contributed by atoms with van der Waals surface area (Å²) in [6.45, 7) is 7.98. The van der Waals surface area contributed by atoms with Gasteiger partial charge in [-0.25, -0.2) is 9.97 Å². The van der Waals surface area contributed by atoms with Crippen molar-refractivity contribution in [1.29, 1.82) is 0 Å². The van der Waals surface area contributed by atoms with Gasteiger partial charge in [0, 0.05) is 4.88 Å². The Morgan fingerprint density at radius 3 is 2.76 bits per heavy atom. The second-order valence-corrected chi connectivity index (χ2v) is 6.11. The summed E-state index contributed by atoms with van der Waals surface area (Å²) in [5.41, 5.74) is 5.00. The number of aryl methyl sites for hydroxylation is 3. The van der Waals surface area contributed by atoms with E-state index in [9.17, 15) is 0 Å². The first-order valence-corrected chi connectivity index (χ1v) is 7.45. The summed E-state index contributed by atoms with van der Waals surface area (Å²) in [5, 5.41) is 5.40. The van der Waals surface area contributed by atoms with Gasteiger partial charge >= 0.3 is 0 Å². The predicted octanol–water partition coefficient (Wildman–Crippen LogP) is 4.05. The first kappa shape index (κ1) is 13.8. The second kappa shape index (κ2) is 5.29. The van der Waals surface area contributed by atoms with Crippen molar-refractivity contribution in [2.75, 3.05) is 5.43 Å². The molecule has 3 aromatic rings. The number of hydrogen-bond donors (Lipinski definition) is 1. The lowest BCUT2D eigenvalue weighted by Gasteiger charge is -2.03. The van der Waals surface area contributed by atoms with Crippen LogP contribution in [0.4, 0.5) is 5.82 Å². The van der Waals surface area contributed by atoms with Crippen LogP contribution in [0.5, 0.6) is 0 Å². The van der Waals surface area contributed by atoms with E-state index in [0.29, 0.717) is 0 Å². The summed E-state index contributed by atoms with van der Waals surface area (Å²) in [6, 6.07) is 3.83. The molecule has 1 N–H and O–H groups in total. The molecule has 0 aliphatic heterocycles. The Bertz CT molecular complexity index is 831. The molecule has 0 spiro atoms. The van der Waals surface area contributed by atoms with Crippen molar-refractivity contribution >= 4 is 33.1 Å². The quantitative estimate of drug-likeness (QED) is 0.585. The lowest BCUT2D eigenvalue weighted by Crippen LogP contribution is -2.00. The van der Waals surface area contributed by atoms with E-state index >= 15 is 0 Å². The van der Waals surface area contributed by atoms with E-state index in [2.05, 4.69) is 34.3 Å². The van der Waals surface area contributed by atoms with Gasteiger partial charge in [0.15, 0.2) is 5.82 Å². The molecule has 0 aliphatic carbocycles. The number of hydrogen-bond acceptors (Lipinski definition) is 6. The highest BCUT2D eigenvalue weighted by Gasteiger charge is 2.11. The number of thiophene rings is 1. The molecule has 0 amide bonds. The van der Waals surface area contributed by atoms with Crippen LogP contribution in [-0.4, -0.2) is 15.7 Å². The van der Waals surface area contributed by atoms with Crippen LogP contribution in [0.25, 0.3) is 10.2 Å². The Balaban J connectivity index is 1.95. The summed E-state index contributed by atoms with van der Waals surface area (Å²) < 4.78 is 5.55. The smallest absolute Gasteiger partial charge is 0.158 e. The largest absolute Gasteiger partial charge is 0.460 e. The molecule has 0 fully saturated rings. The highest BCUT2D eigenvalue weighted by atomic mass is 32.1. The van der Waals surface area contributed by atoms with Gasteiger partial charge in [-0.1, -0.05) is 0 Å². The molecule has 0 unspecified atom stereocenters. The van der Waals surface area contributed by atoms with Crippen LogP contribution < -0.4 is 5.43 Å². The van der Waals surface area contributed by atoms with Crippen LogP contribution >= 0.6 is 11.3 Å². The molecule has 3 rings (SSSR count). The Morgan fingerprint density at radius 2 is 2.05 bits per heavy atom. The van der Waals surface area contributed by atoms with Gasteiger partial charge in [-0.05, 0) is 45.4 Å². The van der Waals surface area contributed by atoms with Gasteiger partial charge in [-0.2, -0.15) is 5.10 Å². The zero-order valence-electron chi connectivity index (χ0n) is 12.4. The van der Waals surface area contributed by atoms with Crippen molar-refractivity contribution in [2.24, 2.45) is 5.10 Å². The summed E-state index contributed by atoms with van der Waals surface area (Å²) in [5.74, 6) is 2.35. The van der Waals surface area contributed by atoms with E-state index in [0.717, 1.165) is 33.3 Å². The summed E-state index contributed by atoms with van der Waals surface area (Å²) in [6.07, 6.45) is 1.56. The minimum absolute atomic E-state index is 0.726. The zero-order chi connectivity index (χ0) is 15.0. The molecule has 0 aromatic carbocycles. The van der Waals surface area contributed by atoms with Gasteiger partial charge in [0.2, 0.25) is 0 Å². The lowest BCUT2D eigenvalue weighted by atomic mass is 10.2. The van der Waals surface area contributed by atoms with Crippen molar-refractivity contribution in [3.63, 3.8) is 0 Å². The summed E-state index contributed by atoms with van der Waals surface area (Å²) in [7, 11) is 0. The van der Waals surface area contributed by atoms with Crippen molar-refractivity contribution < 1.29 is 4.42 Å². The Labute approximate surface area is 126 Å². The van der Waals surface area contributed by atoms with E-state index < -0.39 is 0 Å². The normalized spacial score (nSPS) is 12.1. The molecule has 108 valence electrons. The maximum Gasteiger partial charge on any atom is 0.158 e. The van der Waals surface area contributed by atoms with E-state index in [1.54, 1.807) is 17.7 Å². The third kappa shape index (κ3) is 2.54. The fourth-order valence-electron chi connectivity index (χ4n) is 2.09. The second-order valence-electron chi connectivity index (χ2n) is 4.90. The van der Waals surface area contributed by atoms with Crippen LogP contribution in [0.2, 0.25) is 0 Å². The molecule has 5 nitrogen and oxygen atoms in total. The molecule has 0 bridgehead atoms. The van der Waals surface area contributed by atoms with Crippen molar-refractivity contribution in [1.82, 2.24) is 9.97 Å². The average Bonchev–Trinajstić information content (AvgIpc) is 3.01. The molecule has 0 aliphatic rings. The number of nitrogens with zero attached hydrogens (tertiary/aromatic N) is 3. The van der Waals surface area contributed by atoms with Gasteiger partial charge in [0.05, 0.1) is 5.39 Å². The number of hydrazone groups is 1. The lowest BCUT2D eigenvalue weighted by molar-refractivity contribution is 0.525. The summed E-state index contributed by atoms with van der Waals surface area (Å²) >= 11 is 1.67. The molecule has 3 heterocycles. The van der Waals surface area contributed by atoms with Gasteiger partial charge in [0.25, 0.3) is 0 Å². The number of aromatic nitrogens is 2. The van der Waals surface area contributed by atoms with E-state index in [1.807, 2.05) is 26.0 Å². The van der Waals surface area contributed by atoms with Crippen LogP contribution in [0.3, 0.4) is 0 Å².